The van der Waals surface area contributed by atoms with Crippen molar-refractivity contribution in [2.24, 2.45) is 0 Å². The van der Waals surface area contributed by atoms with Crippen LogP contribution in [0.2, 0.25) is 0 Å². The number of hydrogen-bond donors (Lipinski definition) is 1. The molecule has 2 amide bonds. The molecular weight excluding hydrogens is 582 g/mol. The molecule has 10 heteroatoms. The van der Waals surface area contributed by atoms with E-state index in [1.54, 1.807) is 43.5 Å². The first-order valence-electron chi connectivity index (χ1n) is 12.5. The van der Waals surface area contributed by atoms with E-state index in [9.17, 15) is 18.0 Å². The Hall–Kier alpha value is -3.37. The molecule has 1 N–H and O–H groups in total. The van der Waals surface area contributed by atoms with Gasteiger partial charge in [0.05, 0.1) is 19.1 Å². The fourth-order valence-electron chi connectivity index (χ4n) is 4.15. The van der Waals surface area contributed by atoms with Crippen molar-refractivity contribution in [3.8, 4) is 5.75 Å². The lowest BCUT2D eigenvalue weighted by molar-refractivity contribution is -0.140. The first kappa shape index (κ1) is 30.2. The Morgan fingerprint density at radius 3 is 2.23 bits per heavy atom. The monoisotopic (exact) mass is 615 g/mol. The van der Waals surface area contributed by atoms with Gasteiger partial charge >= 0.3 is 0 Å². The van der Waals surface area contributed by atoms with Gasteiger partial charge in [-0.3, -0.25) is 13.9 Å². The second-order valence-electron chi connectivity index (χ2n) is 9.49. The molecule has 0 heterocycles. The first-order valence-corrected chi connectivity index (χ1v) is 15.1. The summed E-state index contributed by atoms with van der Waals surface area (Å²) in [6, 6.07) is 22.3. The smallest absolute Gasteiger partial charge is 0.244 e. The van der Waals surface area contributed by atoms with E-state index in [1.165, 1.54) is 4.90 Å². The summed E-state index contributed by atoms with van der Waals surface area (Å²) in [5, 5.41) is 2.93. The molecule has 0 spiro atoms. The molecule has 0 saturated heterocycles. The van der Waals surface area contributed by atoms with Crippen LogP contribution in [0.15, 0.2) is 83.3 Å². The molecule has 3 aromatic carbocycles. The van der Waals surface area contributed by atoms with Gasteiger partial charge in [-0.05, 0) is 55.3 Å². The predicted octanol–water partition coefficient (Wildman–Crippen LogP) is 4.39. The molecule has 0 aliphatic rings. The molecular formula is C29H34BrN3O5S. The van der Waals surface area contributed by atoms with Crippen molar-refractivity contribution in [1.29, 1.82) is 0 Å². The number of methoxy groups -OCH3 is 1. The van der Waals surface area contributed by atoms with Gasteiger partial charge in [0, 0.05) is 23.5 Å². The van der Waals surface area contributed by atoms with Gasteiger partial charge in [-0.15, -0.1) is 0 Å². The number of nitrogens with zero attached hydrogens (tertiary/aromatic N) is 2. The van der Waals surface area contributed by atoms with E-state index in [1.807, 2.05) is 56.3 Å². The molecule has 3 aromatic rings. The van der Waals surface area contributed by atoms with Gasteiger partial charge in [-0.1, -0.05) is 64.5 Å². The topological polar surface area (TPSA) is 96.0 Å². The number of sulfonamides is 1. The van der Waals surface area contributed by atoms with E-state index in [2.05, 4.69) is 21.2 Å². The Labute approximate surface area is 239 Å². The lowest BCUT2D eigenvalue weighted by Gasteiger charge is -2.34. The van der Waals surface area contributed by atoms with E-state index in [0.29, 0.717) is 15.9 Å². The van der Waals surface area contributed by atoms with Crippen molar-refractivity contribution >= 4 is 43.5 Å². The molecule has 0 saturated carbocycles. The summed E-state index contributed by atoms with van der Waals surface area (Å²) < 4.78 is 32.7. The van der Waals surface area contributed by atoms with Gasteiger partial charge in [-0.25, -0.2) is 8.42 Å². The van der Waals surface area contributed by atoms with Crippen LogP contribution in [0.3, 0.4) is 0 Å². The SMILES string of the molecule is COc1cccc(CN(C(=O)CN(c2cccc(Br)c2)S(C)(=O)=O)[C@@H](Cc2ccccc2)C(=O)NC(C)C)c1. The van der Waals surface area contributed by atoms with Gasteiger partial charge in [0.1, 0.15) is 18.3 Å². The van der Waals surface area contributed by atoms with Crippen LogP contribution in [-0.2, 0) is 32.6 Å². The maximum Gasteiger partial charge on any atom is 0.244 e. The van der Waals surface area contributed by atoms with Gasteiger partial charge in [0.15, 0.2) is 0 Å². The van der Waals surface area contributed by atoms with Crippen molar-refractivity contribution in [3.05, 3.63) is 94.5 Å². The molecule has 0 radical (unpaired) electrons. The Morgan fingerprint density at radius 1 is 0.949 bits per heavy atom. The van der Waals surface area contributed by atoms with E-state index < -0.39 is 28.5 Å². The molecule has 0 aromatic heterocycles. The summed E-state index contributed by atoms with van der Waals surface area (Å²) in [4.78, 5) is 29.0. The van der Waals surface area contributed by atoms with Crippen LogP contribution >= 0.6 is 15.9 Å². The number of benzene rings is 3. The van der Waals surface area contributed by atoms with Crippen LogP contribution in [0.4, 0.5) is 5.69 Å². The molecule has 0 bridgehead atoms. The minimum absolute atomic E-state index is 0.0785. The highest BCUT2D eigenvalue weighted by molar-refractivity contribution is 9.10. The molecule has 0 fully saturated rings. The van der Waals surface area contributed by atoms with Gasteiger partial charge in [0.25, 0.3) is 0 Å². The summed E-state index contributed by atoms with van der Waals surface area (Å²) in [5.41, 5.74) is 1.95. The fraction of sp³-hybridized carbons (Fsp3) is 0.310. The zero-order valence-corrected chi connectivity index (χ0v) is 24.9. The molecule has 0 unspecified atom stereocenters. The van der Waals surface area contributed by atoms with Crippen LogP contribution in [0.5, 0.6) is 5.75 Å². The Kier molecular flexibility index (Phi) is 10.5. The second kappa shape index (κ2) is 13.6. The lowest BCUT2D eigenvalue weighted by Crippen LogP contribution is -2.54. The van der Waals surface area contributed by atoms with E-state index in [4.69, 9.17) is 4.74 Å². The number of nitrogens with one attached hydrogen (secondary N) is 1. The van der Waals surface area contributed by atoms with Crippen LogP contribution < -0.4 is 14.4 Å². The molecule has 0 aliphatic carbocycles. The van der Waals surface area contributed by atoms with Crippen LogP contribution in [0.1, 0.15) is 25.0 Å². The Morgan fingerprint density at radius 2 is 1.62 bits per heavy atom. The third-order valence-corrected chi connectivity index (χ3v) is 7.60. The van der Waals surface area contributed by atoms with E-state index >= 15 is 0 Å². The summed E-state index contributed by atoms with van der Waals surface area (Å²) in [7, 11) is -2.27. The predicted molar refractivity (Wildman–Crippen MR) is 157 cm³/mol. The Bertz CT molecular complexity index is 1380. The van der Waals surface area contributed by atoms with Crippen LogP contribution in [0, 0.1) is 0 Å². The highest BCUT2D eigenvalue weighted by Crippen LogP contribution is 2.24. The standard InChI is InChI=1S/C29H34BrN3O5S/c1-21(2)31-29(35)27(17-22-10-6-5-7-11-22)32(19-23-12-8-15-26(16-23)38-3)28(34)20-33(39(4,36)37)25-14-9-13-24(30)18-25/h5-16,18,21,27H,17,19-20H2,1-4H3,(H,31,35)/t27-/m0/s1. The molecule has 3 rings (SSSR count). The number of halogens is 1. The minimum atomic E-state index is -3.83. The second-order valence-corrected chi connectivity index (χ2v) is 12.3. The number of anilines is 1. The van der Waals surface area contributed by atoms with E-state index in [0.717, 1.165) is 21.7 Å². The maximum absolute atomic E-state index is 14.0. The summed E-state index contributed by atoms with van der Waals surface area (Å²) in [6.07, 6.45) is 1.31. The normalized spacial score (nSPS) is 12.1. The zero-order valence-electron chi connectivity index (χ0n) is 22.5. The molecule has 208 valence electrons. The largest absolute Gasteiger partial charge is 0.497 e. The number of carbonyl (C=O) groups is 2. The Balaban J connectivity index is 2.07. The summed E-state index contributed by atoms with van der Waals surface area (Å²) >= 11 is 3.37. The molecule has 39 heavy (non-hydrogen) atoms. The van der Waals surface area contributed by atoms with Gasteiger partial charge < -0.3 is 15.0 Å². The number of carbonyl (C=O) groups excluding carboxylic acids is 2. The van der Waals surface area contributed by atoms with E-state index in [-0.39, 0.29) is 24.9 Å². The highest BCUT2D eigenvalue weighted by Gasteiger charge is 2.33. The third kappa shape index (κ3) is 8.83. The first-order chi connectivity index (χ1) is 18.5. The lowest BCUT2D eigenvalue weighted by atomic mass is 10.0. The van der Waals surface area contributed by atoms with Crippen molar-refractivity contribution in [3.63, 3.8) is 0 Å². The van der Waals surface area contributed by atoms with Crippen LogP contribution in [0.25, 0.3) is 0 Å². The molecule has 8 nitrogen and oxygen atoms in total. The minimum Gasteiger partial charge on any atom is -0.497 e. The highest BCUT2D eigenvalue weighted by atomic mass is 79.9. The number of ether oxygens (including phenoxy) is 1. The van der Waals surface area contributed by atoms with Crippen molar-refractivity contribution < 1.29 is 22.7 Å². The van der Waals surface area contributed by atoms with Gasteiger partial charge in [-0.2, -0.15) is 0 Å². The molecule has 0 aliphatic heterocycles. The average Bonchev–Trinajstić information content (AvgIpc) is 2.88. The van der Waals surface area contributed by atoms with Crippen molar-refractivity contribution in [2.75, 3.05) is 24.2 Å². The average molecular weight is 617 g/mol. The summed E-state index contributed by atoms with van der Waals surface area (Å²) in [6.45, 7) is 3.31. The van der Waals surface area contributed by atoms with Gasteiger partial charge in [0.2, 0.25) is 21.8 Å². The van der Waals surface area contributed by atoms with Crippen LogP contribution in [-0.4, -0.2) is 57.1 Å². The number of amides is 2. The summed E-state index contributed by atoms with van der Waals surface area (Å²) in [5.74, 6) is -0.223. The maximum atomic E-state index is 14.0. The number of hydrogen-bond acceptors (Lipinski definition) is 5. The zero-order chi connectivity index (χ0) is 28.6. The van der Waals surface area contributed by atoms with Crippen molar-refractivity contribution in [1.82, 2.24) is 10.2 Å². The fourth-order valence-corrected chi connectivity index (χ4v) is 5.38. The third-order valence-electron chi connectivity index (χ3n) is 5.96. The van der Waals surface area contributed by atoms with Crippen molar-refractivity contribution in [2.45, 2.75) is 38.9 Å². The molecule has 1 atom stereocenters. The quantitative estimate of drug-likeness (QED) is 0.326. The number of rotatable bonds is 12.